The molecule has 0 N–H and O–H groups in total. The number of amides is 1. The van der Waals surface area contributed by atoms with Crippen LogP contribution in [0.5, 0.6) is 0 Å². The number of hydrogen-bond acceptors (Lipinski definition) is 2. The molecule has 0 saturated heterocycles. The van der Waals surface area contributed by atoms with Crippen molar-refractivity contribution < 1.29 is 4.79 Å². The molecule has 0 aliphatic carbocycles. The second-order valence-corrected chi connectivity index (χ2v) is 3.59. The number of carbonyl (C=O) groups is 1. The molecule has 0 rings (SSSR count). The molecule has 0 aliphatic heterocycles. The third kappa shape index (κ3) is 7.50. The quantitative estimate of drug-likeness (QED) is 0.471. The Morgan fingerprint density at radius 1 is 1.54 bits per heavy atom. The highest BCUT2D eigenvalue weighted by Gasteiger charge is 1.99. The van der Waals surface area contributed by atoms with Crippen molar-refractivity contribution in [3.8, 4) is 0 Å². The van der Waals surface area contributed by atoms with E-state index < -0.39 is 0 Å². The standard InChI is InChI=1S/C10H20N2O/c1-9(2)8-11-6-5-7-12(4)10(3)13/h8-9H,5-7H2,1-4H3. The fourth-order valence-electron chi connectivity index (χ4n) is 0.842. The largest absolute Gasteiger partial charge is 0.346 e. The van der Waals surface area contributed by atoms with Gasteiger partial charge in [-0.15, -0.1) is 0 Å². The molecule has 76 valence electrons. The second-order valence-electron chi connectivity index (χ2n) is 3.59. The van der Waals surface area contributed by atoms with Crippen LogP contribution in [0.2, 0.25) is 0 Å². The molecular formula is C10H20N2O. The molecule has 3 heteroatoms. The van der Waals surface area contributed by atoms with Gasteiger partial charge in [0.2, 0.25) is 5.91 Å². The van der Waals surface area contributed by atoms with Crippen LogP contribution in [0.1, 0.15) is 27.2 Å². The van der Waals surface area contributed by atoms with E-state index in [1.165, 1.54) is 0 Å². The van der Waals surface area contributed by atoms with E-state index in [-0.39, 0.29) is 5.91 Å². The molecule has 1 amide bonds. The Morgan fingerprint density at radius 2 is 2.15 bits per heavy atom. The summed E-state index contributed by atoms with van der Waals surface area (Å²) in [5.74, 6) is 0.637. The first kappa shape index (κ1) is 12.1. The summed E-state index contributed by atoms with van der Waals surface area (Å²) in [4.78, 5) is 16.8. The fourth-order valence-corrected chi connectivity index (χ4v) is 0.842. The van der Waals surface area contributed by atoms with Gasteiger partial charge >= 0.3 is 0 Å². The van der Waals surface area contributed by atoms with Gasteiger partial charge in [-0.1, -0.05) is 13.8 Å². The molecule has 0 aromatic heterocycles. The summed E-state index contributed by atoms with van der Waals surface area (Å²) < 4.78 is 0. The van der Waals surface area contributed by atoms with Gasteiger partial charge in [0.1, 0.15) is 0 Å². The summed E-state index contributed by atoms with van der Waals surface area (Å²) >= 11 is 0. The van der Waals surface area contributed by atoms with Crippen molar-refractivity contribution in [1.29, 1.82) is 0 Å². The summed E-state index contributed by atoms with van der Waals surface area (Å²) in [6.45, 7) is 7.40. The molecule has 0 saturated carbocycles. The zero-order chi connectivity index (χ0) is 10.3. The van der Waals surface area contributed by atoms with Crippen LogP contribution in [0.4, 0.5) is 0 Å². The molecule has 0 aromatic rings. The molecule has 13 heavy (non-hydrogen) atoms. The summed E-state index contributed by atoms with van der Waals surface area (Å²) in [7, 11) is 1.81. The van der Waals surface area contributed by atoms with Crippen molar-refractivity contribution >= 4 is 12.1 Å². The number of hydrogen-bond donors (Lipinski definition) is 0. The first-order valence-electron chi connectivity index (χ1n) is 4.75. The highest BCUT2D eigenvalue weighted by Crippen LogP contribution is 1.90. The lowest BCUT2D eigenvalue weighted by molar-refractivity contribution is -0.127. The summed E-state index contributed by atoms with van der Waals surface area (Å²) in [5.41, 5.74) is 0. The van der Waals surface area contributed by atoms with Gasteiger partial charge in [0.15, 0.2) is 0 Å². The average molecular weight is 184 g/mol. The molecule has 0 radical (unpaired) electrons. The normalized spacial score (nSPS) is 11.2. The van der Waals surface area contributed by atoms with E-state index >= 15 is 0 Å². The average Bonchev–Trinajstić information content (AvgIpc) is 2.02. The molecule has 0 atom stereocenters. The maximum Gasteiger partial charge on any atom is 0.219 e. The minimum absolute atomic E-state index is 0.118. The van der Waals surface area contributed by atoms with Crippen molar-refractivity contribution in [3.63, 3.8) is 0 Å². The van der Waals surface area contributed by atoms with Gasteiger partial charge in [0.25, 0.3) is 0 Å². The number of carbonyl (C=O) groups excluding carboxylic acids is 1. The van der Waals surface area contributed by atoms with E-state index in [2.05, 4.69) is 18.8 Å². The first-order chi connectivity index (χ1) is 6.04. The van der Waals surface area contributed by atoms with Crippen LogP contribution in [-0.2, 0) is 4.79 Å². The lowest BCUT2D eigenvalue weighted by Crippen LogP contribution is -2.25. The van der Waals surface area contributed by atoms with Gasteiger partial charge in [0.05, 0.1) is 0 Å². The third-order valence-corrected chi connectivity index (χ3v) is 1.72. The molecular weight excluding hydrogens is 164 g/mol. The molecule has 0 aromatic carbocycles. The Labute approximate surface area is 80.8 Å². The van der Waals surface area contributed by atoms with Crippen molar-refractivity contribution in [2.45, 2.75) is 27.2 Å². The molecule has 0 unspecified atom stereocenters. The summed E-state index contributed by atoms with van der Waals surface area (Å²) in [5, 5.41) is 0. The predicted molar refractivity (Wildman–Crippen MR) is 56.1 cm³/mol. The molecule has 0 heterocycles. The van der Waals surface area contributed by atoms with Crippen molar-refractivity contribution in [1.82, 2.24) is 4.90 Å². The monoisotopic (exact) mass is 184 g/mol. The smallest absolute Gasteiger partial charge is 0.219 e. The summed E-state index contributed by atoms with van der Waals surface area (Å²) in [6.07, 6.45) is 2.90. The van der Waals surface area contributed by atoms with Gasteiger partial charge in [-0.05, 0) is 12.3 Å². The Morgan fingerprint density at radius 3 is 2.62 bits per heavy atom. The van der Waals surface area contributed by atoms with Crippen LogP contribution in [0.15, 0.2) is 4.99 Å². The molecule has 0 spiro atoms. The van der Waals surface area contributed by atoms with Crippen LogP contribution in [0.3, 0.4) is 0 Å². The van der Waals surface area contributed by atoms with Crippen LogP contribution < -0.4 is 0 Å². The van der Waals surface area contributed by atoms with Crippen LogP contribution in [0, 0.1) is 5.92 Å². The van der Waals surface area contributed by atoms with Crippen molar-refractivity contribution in [2.75, 3.05) is 20.1 Å². The van der Waals surface area contributed by atoms with Crippen LogP contribution >= 0.6 is 0 Å². The van der Waals surface area contributed by atoms with E-state index in [4.69, 9.17) is 0 Å². The van der Waals surface area contributed by atoms with Crippen LogP contribution in [0.25, 0.3) is 0 Å². The maximum atomic E-state index is 10.8. The second kappa shape index (κ2) is 6.63. The zero-order valence-electron chi connectivity index (χ0n) is 9.08. The zero-order valence-corrected chi connectivity index (χ0v) is 9.08. The third-order valence-electron chi connectivity index (χ3n) is 1.72. The lowest BCUT2D eigenvalue weighted by atomic mass is 10.2. The topological polar surface area (TPSA) is 32.7 Å². The minimum atomic E-state index is 0.118. The Hall–Kier alpha value is -0.860. The number of rotatable bonds is 5. The van der Waals surface area contributed by atoms with Crippen molar-refractivity contribution in [2.24, 2.45) is 10.9 Å². The number of nitrogens with zero attached hydrogens (tertiary/aromatic N) is 2. The van der Waals surface area contributed by atoms with Gasteiger partial charge < -0.3 is 4.90 Å². The maximum absolute atomic E-state index is 10.8. The fraction of sp³-hybridized carbons (Fsp3) is 0.800. The molecule has 0 bridgehead atoms. The van der Waals surface area contributed by atoms with E-state index in [1.54, 1.807) is 11.8 Å². The van der Waals surface area contributed by atoms with Gasteiger partial charge in [0, 0.05) is 33.3 Å². The van der Waals surface area contributed by atoms with Gasteiger partial charge in [-0.3, -0.25) is 9.79 Å². The van der Waals surface area contributed by atoms with E-state index in [9.17, 15) is 4.79 Å². The highest BCUT2D eigenvalue weighted by molar-refractivity contribution is 5.72. The van der Waals surface area contributed by atoms with Gasteiger partial charge in [-0.2, -0.15) is 0 Å². The van der Waals surface area contributed by atoms with E-state index in [0.29, 0.717) is 5.92 Å². The Bertz CT molecular complexity index is 176. The van der Waals surface area contributed by atoms with E-state index in [0.717, 1.165) is 19.5 Å². The lowest BCUT2D eigenvalue weighted by Gasteiger charge is -2.13. The molecule has 0 fully saturated rings. The predicted octanol–water partition coefficient (Wildman–Crippen LogP) is 1.58. The highest BCUT2D eigenvalue weighted by atomic mass is 16.2. The van der Waals surface area contributed by atoms with Gasteiger partial charge in [-0.25, -0.2) is 0 Å². The van der Waals surface area contributed by atoms with Crippen molar-refractivity contribution in [3.05, 3.63) is 0 Å². The van der Waals surface area contributed by atoms with E-state index in [1.807, 2.05) is 13.3 Å². The Balaban J connectivity index is 3.41. The first-order valence-corrected chi connectivity index (χ1v) is 4.75. The minimum Gasteiger partial charge on any atom is -0.346 e. The summed E-state index contributed by atoms with van der Waals surface area (Å²) in [6, 6.07) is 0. The molecule has 3 nitrogen and oxygen atoms in total. The van der Waals surface area contributed by atoms with Crippen LogP contribution in [-0.4, -0.2) is 37.2 Å². The SMILES string of the molecule is CC(=O)N(C)CCCN=CC(C)C. The Kier molecular flexibility index (Phi) is 6.20. The molecule has 0 aliphatic rings. The number of aliphatic imine (C=N–C) groups is 1.